The van der Waals surface area contributed by atoms with Crippen LogP contribution in [0.2, 0.25) is 0 Å². The lowest BCUT2D eigenvalue weighted by Gasteiger charge is -2.29. The quantitative estimate of drug-likeness (QED) is 0.389. The second-order valence-electron chi connectivity index (χ2n) is 3.16. The van der Waals surface area contributed by atoms with Crippen LogP contribution in [0.15, 0.2) is 11.6 Å². The molecule has 0 aromatic carbocycles. The van der Waals surface area contributed by atoms with Gasteiger partial charge in [-0.05, 0) is 13.0 Å². The van der Waals surface area contributed by atoms with Gasteiger partial charge in [0.25, 0.3) is 0 Å². The van der Waals surface area contributed by atoms with Gasteiger partial charge in [0.15, 0.2) is 0 Å². The van der Waals surface area contributed by atoms with E-state index in [-0.39, 0.29) is 5.57 Å². The number of nitriles is 1. The second kappa shape index (κ2) is 3.09. The van der Waals surface area contributed by atoms with E-state index >= 15 is 0 Å². The molecule has 0 bridgehead atoms. The maximum atomic E-state index is 9.62. The molecule has 0 saturated heterocycles. The van der Waals surface area contributed by atoms with Crippen LogP contribution in [0.25, 0.3) is 0 Å². The molecule has 13 heavy (non-hydrogen) atoms. The molecule has 1 aliphatic carbocycles. The highest BCUT2D eigenvalue weighted by molar-refractivity contribution is 5.38. The summed E-state index contributed by atoms with van der Waals surface area (Å²) < 4.78 is 0. The summed E-state index contributed by atoms with van der Waals surface area (Å²) in [6, 6.07) is 1.63. The van der Waals surface area contributed by atoms with Crippen molar-refractivity contribution in [1.29, 1.82) is 5.26 Å². The third-order valence-electron chi connectivity index (χ3n) is 2.28. The highest BCUT2D eigenvalue weighted by Crippen LogP contribution is 2.31. The fourth-order valence-electron chi connectivity index (χ4n) is 1.31. The van der Waals surface area contributed by atoms with Crippen molar-refractivity contribution >= 4 is 0 Å². The third kappa shape index (κ3) is 1.34. The molecule has 4 unspecified atom stereocenters. The van der Waals surface area contributed by atoms with E-state index in [1.54, 1.807) is 6.07 Å². The fourth-order valence-corrected chi connectivity index (χ4v) is 1.31. The summed E-state index contributed by atoms with van der Waals surface area (Å²) >= 11 is 0. The molecule has 0 aromatic heterocycles. The standard InChI is InChI=1S/C8H11NO4/c1-4(10)8(13)2-5(3-9)6(11)7(8)12/h2,4,6-7,10-13H,1H3. The van der Waals surface area contributed by atoms with Gasteiger partial charge in [-0.15, -0.1) is 0 Å². The molecule has 0 aliphatic heterocycles. The maximum absolute atomic E-state index is 9.62. The van der Waals surface area contributed by atoms with Crippen molar-refractivity contribution in [3.05, 3.63) is 11.6 Å². The van der Waals surface area contributed by atoms with Crippen LogP contribution in [0.1, 0.15) is 6.92 Å². The van der Waals surface area contributed by atoms with Crippen molar-refractivity contribution < 1.29 is 20.4 Å². The molecule has 4 atom stereocenters. The Morgan fingerprint density at radius 2 is 2.15 bits per heavy atom. The van der Waals surface area contributed by atoms with Gasteiger partial charge in [-0.3, -0.25) is 0 Å². The number of nitrogens with zero attached hydrogens (tertiary/aromatic N) is 1. The predicted octanol–water partition coefficient (Wildman–Crippen LogP) is -1.72. The van der Waals surface area contributed by atoms with Gasteiger partial charge >= 0.3 is 0 Å². The van der Waals surface area contributed by atoms with Gasteiger partial charge in [0.05, 0.1) is 17.7 Å². The Morgan fingerprint density at radius 3 is 2.38 bits per heavy atom. The summed E-state index contributed by atoms with van der Waals surface area (Å²) in [6.07, 6.45) is -3.23. The van der Waals surface area contributed by atoms with Crippen LogP contribution in [-0.2, 0) is 0 Å². The lowest BCUT2D eigenvalue weighted by Crippen LogP contribution is -2.50. The Hall–Kier alpha value is -0.930. The first-order valence-corrected chi connectivity index (χ1v) is 3.83. The van der Waals surface area contributed by atoms with Gasteiger partial charge in [0.2, 0.25) is 0 Å². The SMILES string of the molecule is CC(O)C1(O)C=C(C#N)C(O)C1O. The summed E-state index contributed by atoms with van der Waals surface area (Å²) in [4.78, 5) is 0. The Bertz CT molecular complexity index is 280. The van der Waals surface area contributed by atoms with E-state index in [4.69, 9.17) is 10.4 Å². The Kier molecular flexibility index (Phi) is 2.41. The molecule has 4 N–H and O–H groups in total. The minimum Gasteiger partial charge on any atom is -0.390 e. The molecule has 1 aliphatic rings. The largest absolute Gasteiger partial charge is 0.390 e. The van der Waals surface area contributed by atoms with E-state index in [9.17, 15) is 15.3 Å². The van der Waals surface area contributed by atoms with Crippen molar-refractivity contribution in [2.75, 3.05) is 0 Å². The van der Waals surface area contributed by atoms with Crippen molar-refractivity contribution in [3.63, 3.8) is 0 Å². The molecular weight excluding hydrogens is 174 g/mol. The highest BCUT2D eigenvalue weighted by atomic mass is 16.4. The zero-order chi connectivity index (χ0) is 10.2. The third-order valence-corrected chi connectivity index (χ3v) is 2.28. The van der Waals surface area contributed by atoms with E-state index in [2.05, 4.69) is 0 Å². The number of aliphatic hydroxyl groups excluding tert-OH is 3. The zero-order valence-electron chi connectivity index (χ0n) is 7.05. The van der Waals surface area contributed by atoms with Crippen LogP contribution in [0.3, 0.4) is 0 Å². The smallest absolute Gasteiger partial charge is 0.138 e. The van der Waals surface area contributed by atoms with E-state index < -0.39 is 23.9 Å². The van der Waals surface area contributed by atoms with Crippen LogP contribution in [0.4, 0.5) is 0 Å². The fraction of sp³-hybridized carbons (Fsp3) is 0.625. The minimum absolute atomic E-state index is 0.129. The lowest BCUT2D eigenvalue weighted by atomic mass is 9.94. The van der Waals surface area contributed by atoms with E-state index in [0.29, 0.717) is 0 Å². The summed E-state index contributed by atoms with van der Waals surface area (Å²) in [7, 11) is 0. The van der Waals surface area contributed by atoms with Crippen molar-refractivity contribution in [3.8, 4) is 6.07 Å². The molecule has 0 aromatic rings. The molecule has 0 heterocycles. The number of rotatable bonds is 1. The van der Waals surface area contributed by atoms with Gasteiger partial charge in [-0.25, -0.2) is 0 Å². The monoisotopic (exact) mass is 185 g/mol. The molecule has 72 valence electrons. The van der Waals surface area contributed by atoms with Crippen LogP contribution >= 0.6 is 0 Å². The average molecular weight is 185 g/mol. The molecule has 1 rings (SSSR count). The first kappa shape index (κ1) is 10.2. The van der Waals surface area contributed by atoms with E-state index in [1.165, 1.54) is 6.92 Å². The minimum atomic E-state index is -1.93. The number of hydrogen-bond acceptors (Lipinski definition) is 5. The van der Waals surface area contributed by atoms with Gasteiger partial charge in [0.1, 0.15) is 17.8 Å². The summed E-state index contributed by atoms with van der Waals surface area (Å²) in [6.45, 7) is 1.27. The van der Waals surface area contributed by atoms with Gasteiger partial charge in [-0.1, -0.05) is 0 Å². The van der Waals surface area contributed by atoms with Gasteiger partial charge in [0, 0.05) is 0 Å². The van der Waals surface area contributed by atoms with Crippen molar-refractivity contribution in [2.45, 2.75) is 30.8 Å². The van der Waals surface area contributed by atoms with E-state index in [1.807, 2.05) is 0 Å². The van der Waals surface area contributed by atoms with Gasteiger partial charge in [-0.2, -0.15) is 5.26 Å². The lowest BCUT2D eigenvalue weighted by molar-refractivity contribution is -0.125. The highest BCUT2D eigenvalue weighted by Gasteiger charge is 2.49. The number of aliphatic hydroxyl groups is 4. The number of hydrogen-bond donors (Lipinski definition) is 4. The molecule has 5 nitrogen and oxygen atoms in total. The topological polar surface area (TPSA) is 105 Å². The predicted molar refractivity (Wildman–Crippen MR) is 42.3 cm³/mol. The molecular formula is C8H11NO4. The second-order valence-corrected chi connectivity index (χ2v) is 3.16. The zero-order valence-corrected chi connectivity index (χ0v) is 7.05. The van der Waals surface area contributed by atoms with Crippen LogP contribution in [0, 0.1) is 11.3 Å². The van der Waals surface area contributed by atoms with Gasteiger partial charge < -0.3 is 20.4 Å². The summed E-state index contributed by atoms with van der Waals surface area (Å²) in [5.41, 5.74) is -2.05. The Labute approximate surface area is 75.2 Å². The Balaban J connectivity index is 3.05. The molecule has 0 radical (unpaired) electrons. The molecule has 0 amide bonds. The summed E-state index contributed by atoms with van der Waals surface area (Å²) in [5.74, 6) is 0. The first-order chi connectivity index (χ1) is 5.93. The summed E-state index contributed by atoms with van der Waals surface area (Å²) in [5, 5.41) is 45.8. The average Bonchev–Trinajstić information content (AvgIpc) is 2.31. The molecule has 0 saturated carbocycles. The van der Waals surface area contributed by atoms with Crippen LogP contribution < -0.4 is 0 Å². The van der Waals surface area contributed by atoms with Crippen LogP contribution in [-0.4, -0.2) is 44.3 Å². The maximum Gasteiger partial charge on any atom is 0.138 e. The molecule has 0 spiro atoms. The van der Waals surface area contributed by atoms with Crippen molar-refractivity contribution in [1.82, 2.24) is 0 Å². The first-order valence-electron chi connectivity index (χ1n) is 3.83. The van der Waals surface area contributed by atoms with Crippen LogP contribution in [0.5, 0.6) is 0 Å². The molecule has 0 fully saturated rings. The van der Waals surface area contributed by atoms with Crippen molar-refractivity contribution in [2.24, 2.45) is 0 Å². The molecule has 5 heteroatoms. The van der Waals surface area contributed by atoms with E-state index in [0.717, 1.165) is 6.08 Å². The normalized spacial score (nSPS) is 41.1. The Morgan fingerprint density at radius 1 is 1.62 bits per heavy atom.